The van der Waals surface area contributed by atoms with Gasteiger partial charge in [0.2, 0.25) is 5.95 Å². The number of nitrogens with one attached hydrogen (secondary N) is 1. The molecule has 1 fully saturated rings. The lowest BCUT2D eigenvalue weighted by Crippen LogP contribution is -2.45. The summed E-state index contributed by atoms with van der Waals surface area (Å²) in [6.45, 7) is 4.46. The summed E-state index contributed by atoms with van der Waals surface area (Å²) in [6, 6.07) is 4.65. The predicted molar refractivity (Wildman–Crippen MR) is 90.5 cm³/mol. The molecule has 1 aromatic carbocycles. The van der Waals surface area contributed by atoms with Gasteiger partial charge in [0.25, 0.3) is 0 Å². The van der Waals surface area contributed by atoms with Crippen LogP contribution in [0.4, 0.5) is 16.0 Å². The third-order valence-electron chi connectivity index (χ3n) is 3.89. The van der Waals surface area contributed by atoms with Gasteiger partial charge in [-0.1, -0.05) is 11.6 Å². The third kappa shape index (κ3) is 4.09. The Bertz CT molecular complexity index is 656. The van der Waals surface area contributed by atoms with Gasteiger partial charge in [-0.05, 0) is 25.2 Å². The fourth-order valence-electron chi connectivity index (χ4n) is 2.42. The van der Waals surface area contributed by atoms with E-state index in [1.807, 2.05) is 0 Å². The van der Waals surface area contributed by atoms with Crippen molar-refractivity contribution in [3.63, 3.8) is 0 Å². The third-order valence-corrected chi connectivity index (χ3v) is 4.20. The van der Waals surface area contributed by atoms with E-state index in [9.17, 15) is 4.39 Å². The molecule has 0 unspecified atom stereocenters. The summed E-state index contributed by atoms with van der Waals surface area (Å²) in [7, 11) is 2.12. The molecule has 0 atom stereocenters. The van der Waals surface area contributed by atoms with Gasteiger partial charge in [0.15, 0.2) is 0 Å². The van der Waals surface area contributed by atoms with Crippen LogP contribution in [0, 0.1) is 5.82 Å². The lowest BCUT2D eigenvalue weighted by molar-refractivity contribution is 0.311. The molecule has 5 nitrogen and oxygen atoms in total. The van der Waals surface area contributed by atoms with Gasteiger partial charge in [0.05, 0.1) is 5.02 Å². The fourth-order valence-corrected chi connectivity index (χ4v) is 2.54. The van der Waals surface area contributed by atoms with Crippen molar-refractivity contribution in [1.29, 1.82) is 0 Å². The summed E-state index contributed by atoms with van der Waals surface area (Å²) < 4.78 is 13.4. The van der Waals surface area contributed by atoms with Crippen molar-refractivity contribution in [2.24, 2.45) is 0 Å². The summed E-state index contributed by atoms with van der Waals surface area (Å²) >= 11 is 5.67. The van der Waals surface area contributed by atoms with E-state index in [0.717, 1.165) is 37.7 Å². The molecule has 1 N–H and O–H groups in total. The number of piperazine rings is 1. The van der Waals surface area contributed by atoms with Gasteiger partial charge in [0.1, 0.15) is 5.82 Å². The number of anilines is 2. The molecule has 1 aromatic heterocycles. The first-order valence-corrected chi connectivity index (χ1v) is 7.93. The van der Waals surface area contributed by atoms with E-state index in [0.29, 0.717) is 12.2 Å². The van der Waals surface area contributed by atoms with Crippen molar-refractivity contribution in [1.82, 2.24) is 14.9 Å². The zero-order valence-corrected chi connectivity index (χ0v) is 13.7. The van der Waals surface area contributed by atoms with Crippen molar-refractivity contribution in [2.45, 2.75) is 6.54 Å². The molecule has 1 aliphatic rings. The summed E-state index contributed by atoms with van der Waals surface area (Å²) in [5.41, 5.74) is 1.62. The predicted octanol–water partition coefficient (Wildman–Crippen LogP) is 2.63. The average molecular weight is 336 g/mol. The molecule has 0 aliphatic carbocycles. The Morgan fingerprint density at radius 2 is 1.87 bits per heavy atom. The molecule has 0 saturated carbocycles. The van der Waals surface area contributed by atoms with Crippen molar-refractivity contribution in [2.75, 3.05) is 43.4 Å². The van der Waals surface area contributed by atoms with E-state index in [-0.39, 0.29) is 5.02 Å². The van der Waals surface area contributed by atoms with Crippen LogP contribution in [-0.2, 0) is 6.54 Å². The number of hydrogen-bond acceptors (Lipinski definition) is 5. The number of halogens is 2. The quantitative estimate of drug-likeness (QED) is 0.930. The van der Waals surface area contributed by atoms with Crippen molar-refractivity contribution in [3.05, 3.63) is 47.0 Å². The Labute approximate surface area is 140 Å². The highest BCUT2D eigenvalue weighted by molar-refractivity contribution is 6.30. The maximum atomic E-state index is 13.4. The summed E-state index contributed by atoms with van der Waals surface area (Å²) in [6.07, 6.45) is 3.61. The number of rotatable bonds is 4. The normalized spacial score (nSPS) is 15.7. The molecule has 0 amide bonds. The van der Waals surface area contributed by atoms with Crippen molar-refractivity contribution in [3.8, 4) is 0 Å². The summed E-state index contributed by atoms with van der Waals surface area (Å²) in [5.74, 6) is 0.331. The number of benzene rings is 1. The Kier molecular flexibility index (Phi) is 4.93. The van der Waals surface area contributed by atoms with Gasteiger partial charge >= 0.3 is 0 Å². The topological polar surface area (TPSA) is 44.3 Å². The van der Waals surface area contributed by atoms with Crippen LogP contribution in [0.3, 0.4) is 0 Å². The van der Waals surface area contributed by atoms with Crippen LogP contribution in [0.2, 0.25) is 5.02 Å². The Hall–Kier alpha value is -1.92. The zero-order chi connectivity index (χ0) is 16.2. The molecule has 0 radical (unpaired) electrons. The minimum atomic E-state index is -0.432. The van der Waals surface area contributed by atoms with Gasteiger partial charge < -0.3 is 15.1 Å². The highest BCUT2D eigenvalue weighted by atomic mass is 35.5. The van der Waals surface area contributed by atoms with Crippen LogP contribution in [0.5, 0.6) is 0 Å². The van der Waals surface area contributed by atoms with E-state index in [1.54, 1.807) is 18.5 Å². The van der Waals surface area contributed by atoms with Crippen LogP contribution in [-0.4, -0.2) is 48.1 Å². The molecule has 3 rings (SSSR count). The maximum absolute atomic E-state index is 13.4. The van der Waals surface area contributed by atoms with Gasteiger partial charge in [0, 0.05) is 56.4 Å². The summed E-state index contributed by atoms with van der Waals surface area (Å²) in [4.78, 5) is 13.3. The van der Waals surface area contributed by atoms with Gasteiger partial charge in [-0.2, -0.15) is 0 Å². The first-order chi connectivity index (χ1) is 11.1. The lowest BCUT2D eigenvalue weighted by atomic mass is 10.3. The highest BCUT2D eigenvalue weighted by Gasteiger charge is 2.16. The van der Waals surface area contributed by atoms with Crippen LogP contribution in [0.15, 0.2) is 30.6 Å². The van der Waals surface area contributed by atoms with E-state index >= 15 is 0 Å². The second-order valence-corrected chi connectivity index (χ2v) is 6.07. The SMILES string of the molecule is CN1CCN(c2ncc(CNc3ccc(Cl)c(F)c3)cn2)CC1. The van der Waals surface area contributed by atoms with Crippen LogP contribution in [0.1, 0.15) is 5.56 Å². The van der Waals surface area contributed by atoms with Crippen LogP contribution in [0.25, 0.3) is 0 Å². The first-order valence-electron chi connectivity index (χ1n) is 7.55. The van der Waals surface area contributed by atoms with E-state index in [2.05, 4.69) is 32.1 Å². The van der Waals surface area contributed by atoms with Gasteiger partial charge in [-0.25, -0.2) is 14.4 Å². The molecule has 122 valence electrons. The maximum Gasteiger partial charge on any atom is 0.225 e. The molecule has 1 saturated heterocycles. The second kappa shape index (κ2) is 7.10. The average Bonchev–Trinajstić information content (AvgIpc) is 2.57. The van der Waals surface area contributed by atoms with Gasteiger partial charge in [-0.3, -0.25) is 0 Å². The van der Waals surface area contributed by atoms with Crippen LogP contribution >= 0.6 is 11.6 Å². The number of nitrogens with zero attached hydrogens (tertiary/aromatic N) is 4. The van der Waals surface area contributed by atoms with E-state index in [1.165, 1.54) is 12.1 Å². The number of aromatic nitrogens is 2. The molecule has 0 bridgehead atoms. The minimum absolute atomic E-state index is 0.121. The van der Waals surface area contributed by atoms with Crippen molar-refractivity contribution >= 4 is 23.2 Å². The molecular weight excluding hydrogens is 317 g/mol. The van der Waals surface area contributed by atoms with Crippen LogP contribution < -0.4 is 10.2 Å². The standard InChI is InChI=1S/C16H19ClFN5/c1-22-4-6-23(7-5-22)16-20-10-12(11-21-16)9-19-13-2-3-14(17)15(18)8-13/h2-3,8,10-11,19H,4-7,9H2,1H3. The molecule has 7 heteroatoms. The largest absolute Gasteiger partial charge is 0.381 e. The molecule has 0 spiro atoms. The highest BCUT2D eigenvalue weighted by Crippen LogP contribution is 2.19. The summed E-state index contributed by atoms with van der Waals surface area (Å²) in [5, 5.41) is 3.26. The number of hydrogen-bond donors (Lipinski definition) is 1. The Balaban J connectivity index is 1.58. The van der Waals surface area contributed by atoms with Gasteiger partial charge in [-0.15, -0.1) is 0 Å². The minimum Gasteiger partial charge on any atom is -0.381 e. The number of likely N-dealkylation sites (N-methyl/N-ethyl adjacent to an activating group) is 1. The molecular formula is C16H19ClFN5. The first kappa shape index (κ1) is 16.0. The van der Waals surface area contributed by atoms with E-state index in [4.69, 9.17) is 11.6 Å². The Morgan fingerprint density at radius 1 is 1.17 bits per heavy atom. The molecule has 23 heavy (non-hydrogen) atoms. The molecule has 1 aliphatic heterocycles. The molecule has 2 aromatic rings. The monoisotopic (exact) mass is 335 g/mol. The fraction of sp³-hybridized carbons (Fsp3) is 0.375. The smallest absolute Gasteiger partial charge is 0.225 e. The molecule has 2 heterocycles. The second-order valence-electron chi connectivity index (χ2n) is 5.66. The zero-order valence-electron chi connectivity index (χ0n) is 13.0. The van der Waals surface area contributed by atoms with Crippen molar-refractivity contribution < 1.29 is 4.39 Å². The van der Waals surface area contributed by atoms with E-state index < -0.39 is 5.82 Å². The Morgan fingerprint density at radius 3 is 2.52 bits per heavy atom. The lowest BCUT2D eigenvalue weighted by Gasteiger charge is -2.32.